The van der Waals surface area contributed by atoms with Crippen molar-refractivity contribution in [2.45, 2.75) is 39.8 Å². The lowest BCUT2D eigenvalue weighted by Gasteiger charge is -2.19. The average molecular weight is 461 g/mol. The lowest BCUT2D eigenvalue weighted by atomic mass is 10.2. The summed E-state index contributed by atoms with van der Waals surface area (Å²) in [6.07, 6.45) is 4.82. The minimum absolute atomic E-state index is 0. The summed E-state index contributed by atoms with van der Waals surface area (Å²) < 4.78 is 1.96. The number of aliphatic imine (C=N–C) groups is 1. The monoisotopic (exact) mass is 461 g/mol. The highest BCUT2D eigenvalue weighted by atomic mass is 127. The Hall–Kier alpha value is -1.09. The lowest BCUT2D eigenvalue weighted by molar-refractivity contribution is 0.442. The van der Waals surface area contributed by atoms with Gasteiger partial charge in [0.2, 0.25) is 0 Å². The van der Waals surface area contributed by atoms with Crippen molar-refractivity contribution in [1.82, 2.24) is 20.4 Å². The van der Waals surface area contributed by atoms with Crippen LogP contribution < -0.4 is 10.6 Å². The number of hydrogen-bond donors (Lipinski definition) is 2. The van der Waals surface area contributed by atoms with E-state index in [-0.39, 0.29) is 24.0 Å². The molecule has 2 aromatic heterocycles. The Morgan fingerprint density at radius 3 is 2.75 bits per heavy atom. The van der Waals surface area contributed by atoms with Gasteiger partial charge in [-0.25, -0.2) is 0 Å². The van der Waals surface area contributed by atoms with E-state index in [0.29, 0.717) is 12.0 Å². The second kappa shape index (κ2) is 10.7. The first-order valence-corrected chi connectivity index (χ1v) is 8.88. The van der Waals surface area contributed by atoms with Crippen molar-refractivity contribution >= 4 is 41.3 Å². The molecule has 5 nitrogen and oxygen atoms in total. The van der Waals surface area contributed by atoms with Crippen molar-refractivity contribution in [3.05, 3.63) is 40.3 Å². The molecule has 0 amide bonds. The number of thiophene rings is 1. The standard InChI is InChI=1S/C17H27N5S.HI/c1-13(12-22-9-5-8-20-22)11-19-17(18-4)21-14(2)10-16-7-6-15(3)23-16;/h5-9,13-14H,10-12H2,1-4H3,(H2,18,19,21);1H. The van der Waals surface area contributed by atoms with E-state index in [2.05, 4.69) is 53.6 Å². The van der Waals surface area contributed by atoms with Gasteiger partial charge in [0.1, 0.15) is 0 Å². The maximum Gasteiger partial charge on any atom is 0.191 e. The zero-order valence-corrected chi connectivity index (χ0v) is 18.0. The zero-order chi connectivity index (χ0) is 16.7. The molecule has 7 heteroatoms. The van der Waals surface area contributed by atoms with Gasteiger partial charge in [0.05, 0.1) is 0 Å². The minimum atomic E-state index is 0. The van der Waals surface area contributed by atoms with Crippen LogP contribution >= 0.6 is 35.3 Å². The number of aromatic nitrogens is 2. The largest absolute Gasteiger partial charge is 0.356 e. The predicted octanol–water partition coefficient (Wildman–Crippen LogP) is 3.30. The van der Waals surface area contributed by atoms with Crippen LogP contribution in [-0.4, -0.2) is 35.4 Å². The molecule has 0 aliphatic rings. The van der Waals surface area contributed by atoms with E-state index in [1.165, 1.54) is 9.75 Å². The molecule has 2 heterocycles. The summed E-state index contributed by atoms with van der Waals surface area (Å²) in [5.41, 5.74) is 0. The zero-order valence-electron chi connectivity index (χ0n) is 14.8. The van der Waals surface area contributed by atoms with Crippen LogP contribution in [0.2, 0.25) is 0 Å². The number of hydrogen-bond acceptors (Lipinski definition) is 3. The third-order valence-electron chi connectivity index (χ3n) is 3.59. The molecular weight excluding hydrogens is 433 g/mol. The van der Waals surface area contributed by atoms with Crippen LogP contribution in [0, 0.1) is 12.8 Å². The second-order valence-electron chi connectivity index (χ2n) is 6.05. The van der Waals surface area contributed by atoms with Gasteiger partial charge in [-0.2, -0.15) is 5.10 Å². The summed E-state index contributed by atoms with van der Waals surface area (Å²) in [5, 5.41) is 11.1. The van der Waals surface area contributed by atoms with Gasteiger partial charge in [-0.05, 0) is 38.0 Å². The molecule has 0 saturated carbocycles. The van der Waals surface area contributed by atoms with Crippen LogP contribution in [-0.2, 0) is 13.0 Å². The van der Waals surface area contributed by atoms with Crippen LogP contribution in [0.4, 0.5) is 0 Å². The molecule has 0 aliphatic carbocycles. The van der Waals surface area contributed by atoms with E-state index >= 15 is 0 Å². The molecule has 0 aromatic carbocycles. The molecular formula is C17H28IN5S. The van der Waals surface area contributed by atoms with Crippen LogP contribution in [0.15, 0.2) is 35.6 Å². The van der Waals surface area contributed by atoms with Gasteiger partial charge in [0.15, 0.2) is 5.96 Å². The van der Waals surface area contributed by atoms with E-state index < -0.39 is 0 Å². The van der Waals surface area contributed by atoms with Gasteiger partial charge in [-0.1, -0.05) is 6.92 Å². The Morgan fingerprint density at radius 2 is 2.17 bits per heavy atom. The minimum Gasteiger partial charge on any atom is -0.356 e. The predicted molar refractivity (Wildman–Crippen MR) is 114 cm³/mol. The van der Waals surface area contributed by atoms with Crippen molar-refractivity contribution in [3.8, 4) is 0 Å². The Labute approximate surface area is 166 Å². The van der Waals surface area contributed by atoms with E-state index in [9.17, 15) is 0 Å². The highest BCUT2D eigenvalue weighted by molar-refractivity contribution is 14.0. The first kappa shape index (κ1) is 21.0. The van der Waals surface area contributed by atoms with E-state index in [1.807, 2.05) is 41.5 Å². The molecule has 0 spiro atoms. The highest BCUT2D eigenvalue weighted by Gasteiger charge is 2.09. The molecule has 2 aromatic rings. The van der Waals surface area contributed by atoms with Gasteiger partial charge >= 0.3 is 0 Å². The molecule has 24 heavy (non-hydrogen) atoms. The van der Waals surface area contributed by atoms with Gasteiger partial charge in [-0.3, -0.25) is 9.67 Å². The maximum absolute atomic E-state index is 4.32. The van der Waals surface area contributed by atoms with E-state index in [0.717, 1.165) is 25.5 Å². The quantitative estimate of drug-likeness (QED) is 0.378. The highest BCUT2D eigenvalue weighted by Crippen LogP contribution is 2.16. The van der Waals surface area contributed by atoms with Crippen LogP contribution in [0.5, 0.6) is 0 Å². The molecule has 2 unspecified atom stereocenters. The van der Waals surface area contributed by atoms with Crippen molar-refractivity contribution in [2.75, 3.05) is 13.6 Å². The molecule has 2 N–H and O–H groups in total. The Bertz CT molecular complexity index is 608. The molecule has 0 fully saturated rings. The van der Waals surface area contributed by atoms with Crippen molar-refractivity contribution in [2.24, 2.45) is 10.9 Å². The van der Waals surface area contributed by atoms with Crippen LogP contribution in [0.1, 0.15) is 23.6 Å². The Balaban J connectivity index is 0.00000288. The summed E-state index contributed by atoms with van der Waals surface area (Å²) in [5.74, 6) is 1.33. The van der Waals surface area contributed by atoms with Crippen molar-refractivity contribution < 1.29 is 0 Å². The molecule has 0 aliphatic heterocycles. The van der Waals surface area contributed by atoms with Gasteiger partial charge in [0.25, 0.3) is 0 Å². The summed E-state index contributed by atoms with van der Waals surface area (Å²) in [6.45, 7) is 8.31. The van der Waals surface area contributed by atoms with Crippen LogP contribution in [0.25, 0.3) is 0 Å². The number of halogens is 1. The summed E-state index contributed by atoms with van der Waals surface area (Å²) in [7, 11) is 1.81. The van der Waals surface area contributed by atoms with Gasteiger partial charge in [-0.15, -0.1) is 35.3 Å². The fourth-order valence-corrected chi connectivity index (χ4v) is 3.46. The fourth-order valence-electron chi connectivity index (χ4n) is 2.44. The molecule has 0 bridgehead atoms. The summed E-state index contributed by atoms with van der Waals surface area (Å²) >= 11 is 1.86. The van der Waals surface area contributed by atoms with E-state index in [1.54, 1.807) is 0 Å². The number of nitrogens with zero attached hydrogens (tertiary/aromatic N) is 3. The smallest absolute Gasteiger partial charge is 0.191 e. The molecule has 2 rings (SSSR count). The number of rotatable bonds is 7. The Morgan fingerprint density at radius 1 is 1.38 bits per heavy atom. The number of aryl methyl sites for hydroxylation is 1. The van der Waals surface area contributed by atoms with Crippen molar-refractivity contribution in [3.63, 3.8) is 0 Å². The summed E-state index contributed by atoms with van der Waals surface area (Å²) in [6, 6.07) is 6.69. The maximum atomic E-state index is 4.32. The third kappa shape index (κ3) is 7.21. The number of nitrogens with one attached hydrogen (secondary N) is 2. The normalized spacial score (nSPS) is 13.9. The first-order valence-electron chi connectivity index (χ1n) is 8.06. The summed E-state index contributed by atoms with van der Waals surface area (Å²) in [4.78, 5) is 7.09. The van der Waals surface area contributed by atoms with Crippen molar-refractivity contribution in [1.29, 1.82) is 0 Å². The topological polar surface area (TPSA) is 54.2 Å². The third-order valence-corrected chi connectivity index (χ3v) is 4.61. The second-order valence-corrected chi connectivity index (χ2v) is 7.42. The van der Waals surface area contributed by atoms with E-state index in [4.69, 9.17) is 0 Å². The Kier molecular flexibility index (Phi) is 9.35. The fraction of sp³-hybridized carbons (Fsp3) is 0.529. The molecule has 2 atom stereocenters. The van der Waals surface area contributed by atoms with Crippen LogP contribution in [0.3, 0.4) is 0 Å². The van der Waals surface area contributed by atoms with Gasteiger partial charge < -0.3 is 10.6 Å². The first-order chi connectivity index (χ1) is 11.1. The lowest BCUT2D eigenvalue weighted by Crippen LogP contribution is -2.44. The van der Waals surface area contributed by atoms with Gasteiger partial charge in [0, 0.05) is 54.7 Å². The average Bonchev–Trinajstić information content (AvgIpc) is 3.15. The molecule has 0 radical (unpaired) electrons. The SMILES string of the molecule is CN=C(NCC(C)Cn1cccn1)NC(C)Cc1ccc(C)s1.I. The molecule has 134 valence electrons. The number of guanidine groups is 1. The molecule has 0 saturated heterocycles.